The van der Waals surface area contributed by atoms with E-state index in [-0.39, 0.29) is 22.5 Å². The minimum absolute atomic E-state index is 0.0771. The van der Waals surface area contributed by atoms with E-state index in [4.69, 9.17) is 14.2 Å². The van der Waals surface area contributed by atoms with E-state index < -0.39 is 0 Å². The molecule has 5 heteroatoms. The second-order valence-electron chi connectivity index (χ2n) is 11.3. The number of rotatable bonds is 6. The summed E-state index contributed by atoms with van der Waals surface area (Å²) in [7, 11) is 5.81. The van der Waals surface area contributed by atoms with Crippen molar-refractivity contribution in [2.24, 2.45) is 17.3 Å². The summed E-state index contributed by atoms with van der Waals surface area (Å²) in [5.74, 6) is 3.37. The summed E-state index contributed by atoms with van der Waals surface area (Å²) in [5.41, 5.74) is 3.17. The molecule has 0 radical (unpaired) electrons. The Balaban J connectivity index is 1.46. The Hall–Kier alpha value is -1.30. The van der Waals surface area contributed by atoms with Crippen LogP contribution in [0.1, 0.15) is 49.7 Å². The maximum atomic E-state index is 7.03. The van der Waals surface area contributed by atoms with E-state index in [0.717, 1.165) is 30.4 Å². The Morgan fingerprint density at radius 3 is 2.81 bits per heavy atom. The van der Waals surface area contributed by atoms with E-state index in [0.29, 0.717) is 12.0 Å². The summed E-state index contributed by atoms with van der Waals surface area (Å²) in [4.78, 5) is 2.91. The van der Waals surface area contributed by atoms with Crippen LogP contribution in [0.4, 0.5) is 0 Å². The molecule has 2 heterocycles. The SMILES string of the molecule is CNC[C@H]1C[C@@]23CC[C@]1(OC)[C@@H]1Oc4c(OC)ccc5c4[C@@]12CCN(CC1CC1)[C@@H]3C5. The molecule has 5 fully saturated rings. The van der Waals surface area contributed by atoms with Crippen molar-refractivity contribution < 1.29 is 14.2 Å². The molecular formula is C26H36N2O3. The standard InChI is InChI=1S/C26H36N2O3/c1-27-14-18-13-24-8-9-26(18,30-3)23-25(24)10-11-28(15-16-4-5-16)20(24)12-17-6-7-19(29-2)22(31-23)21(17)25/h6-7,16,18,20,23,27H,4-5,8-15H2,1-3H3/t18-,20-,23-,24-,25+,26-/m1/s1. The monoisotopic (exact) mass is 424 g/mol. The van der Waals surface area contributed by atoms with Crippen molar-refractivity contribution in [2.75, 3.05) is 40.9 Å². The summed E-state index contributed by atoms with van der Waals surface area (Å²) in [6.07, 6.45) is 8.96. The van der Waals surface area contributed by atoms with Gasteiger partial charge in [-0.2, -0.15) is 0 Å². The van der Waals surface area contributed by atoms with E-state index in [1.165, 1.54) is 62.7 Å². The highest BCUT2D eigenvalue weighted by Crippen LogP contribution is 2.76. The molecule has 6 atom stereocenters. The van der Waals surface area contributed by atoms with Gasteiger partial charge in [-0.15, -0.1) is 0 Å². The Labute approximate surface area is 185 Å². The highest BCUT2D eigenvalue weighted by Gasteiger charge is 2.80. The van der Waals surface area contributed by atoms with Crippen molar-refractivity contribution in [2.45, 2.75) is 68.1 Å². The molecule has 8 rings (SSSR count). The molecule has 168 valence electrons. The molecule has 5 aliphatic carbocycles. The molecule has 1 aromatic rings. The van der Waals surface area contributed by atoms with Crippen LogP contribution in [-0.4, -0.2) is 63.5 Å². The molecule has 0 amide bonds. The number of likely N-dealkylation sites (tertiary alicyclic amines) is 1. The summed E-state index contributed by atoms with van der Waals surface area (Å²) in [5, 5.41) is 3.50. The third kappa shape index (κ3) is 2.06. The second kappa shape index (κ2) is 6.18. The van der Waals surface area contributed by atoms with Crippen LogP contribution in [0.15, 0.2) is 12.1 Å². The highest BCUT2D eigenvalue weighted by molar-refractivity contribution is 5.63. The van der Waals surface area contributed by atoms with E-state index in [1.807, 2.05) is 7.11 Å². The molecule has 5 nitrogen and oxygen atoms in total. The third-order valence-corrected chi connectivity index (χ3v) is 10.5. The number of hydrogen-bond donors (Lipinski definition) is 1. The molecular weight excluding hydrogens is 388 g/mol. The summed E-state index contributed by atoms with van der Waals surface area (Å²) in [6.45, 7) is 3.51. The fraction of sp³-hybridized carbons (Fsp3) is 0.769. The van der Waals surface area contributed by atoms with Crippen LogP contribution in [0, 0.1) is 17.3 Å². The number of hydrogen-bond acceptors (Lipinski definition) is 5. The lowest BCUT2D eigenvalue weighted by Gasteiger charge is -2.74. The molecule has 0 unspecified atom stereocenters. The van der Waals surface area contributed by atoms with Crippen molar-refractivity contribution >= 4 is 0 Å². The number of piperidine rings is 1. The molecule has 1 aromatic carbocycles. The molecule has 0 aromatic heterocycles. The van der Waals surface area contributed by atoms with Crippen LogP contribution >= 0.6 is 0 Å². The van der Waals surface area contributed by atoms with Crippen molar-refractivity contribution in [3.63, 3.8) is 0 Å². The molecule has 7 aliphatic rings. The van der Waals surface area contributed by atoms with Gasteiger partial charge in [0, 0.05) is 48.6 Å². The fourth-order valence-corrected chi connectivity index (χ4v) is 9.19. The Morgan fingerprint density at radius 1 is 1.19 bits per heavy atom. The maximum absolute atomic E-state index is 7.03. The van der Waals surface area contributed by atoms with Gasteiger partial charge < -0.3 is 19.5 Å². The molecule has 31 heavy (non-hydrogen) atoms. The smallest absolute Gasteiger partial charge is 0.165 e. The average Bonchev–Trinajstić information content (AvgIpc) is 3.53. The van der Waals surface area contributed by atoms with Gasteiger partial charge in [-0.25, -0.2) is 0 Å². The Bertz CT molecular complexity index is 931. The van der Waals surface area contributed by atoms with Gasteiger partial charge in [0.05, 0.1) is 7.11 Å². The molecule has 2 spiro atoms. The lowest BCUT2D eigenvalue weighted by Crippen LogP contribution is -2.81. The zero-order valence-corrected chi connectivity index (χ0v) is 19.2. The highest BCUT2D eigenvalue weighted by atomic mass is 16.6. The number of ether oxygens (including phenoxy) is 3. The molecule has 1 N–H and O–H groups in total. The van der Waals surface area contributed by atoms with Gasteiger partial charge >= 0.3 is 0 Å². The molecule has 4 bridgehead atoms. The van der Waals surface area contributed by atoms with Gasteiger partial charge in [0.25, 0.3) is 0 Å². The van der Waals surface area contributed by atoms with Gasteiger partial charge in [-0.1, -0.05) is 6.07 Å². The first-order valence-electron chi connectivity index (χ1n) is 12.4. The van der Waals surface area contributed by atoms with Crippen molar-refractivity contribution in [3.8, 4) is 11.5 Å². The van der Waals surface area contributed by atoms with Gasteiger partial charge in [0.15, 0.2) is 11.5 Å². The van der Waals surface area contributed by atoms with Crippen LogP contribution < -0.4 is 14.8 Å². The van der Waals surface area contributed by atoms with Crippen molar-refractivity contribution in [1.82, 2.24) is 10.2 Å². The van der Waals surface area contributed by atoms with Crippen LogP contribution in [0.2, 0.25) is 0 Å². The second-order valence-corrected chi connectivity index (χ2v) is 11.3. The largest absolute Gasteiger partial charge is 0.493 e. The third-order valence-electron chi connectivity index (χ3n) is 10.5. The Kier molecular flexibility index (Phi) is 3.83. The van der Waals surface area contributed by atoms with Crippen molar-refractivity contribution in [1.29, 1.82) is 0 Å². The number of fused-ring (bicyclic) bond motifs is 2. The molecule has 4 saturated carbocycles. The zero-order valence-electron chi connectivity index (χ0n) is 19.2. The Morgan fingerprint density at radius 2 is 2.06 bits per heavy atom. The van der Waals surface area contributed by atoms with E-state index >= 15 is 0 Å². The number of methoxy groups -OCH3 is 2. The van der Waals surface area contributed by atoms with Crippen LogP contribution in [0.25, 0.3) is 0 Å². The first-order chi connectivity index (χ1) is 15.1. The number of nitrogens with zero attached hydrogens (tertiary/aromatic N) is 1. The topological polar surface area (TPSA) is 43.0 Å². The van der Waals surface area contributed by atoms with Crippen LogP contribution in [0.3, 0.4) is 0 Å². The lowest BCUT2D eigenvalue weighted by atomic mass is 9.35. The van der Waals surface area contributed by atoms with Gasteiger partial charge in [-0.05, 0) is 76.1 Å². The zero-order chi connectivity index (χ0) is 21.0. The minimum atomic E-state index is -0.216. The summed E-state index contributed by atoms with van der Waals surface area (Å²) < 4.78 is 19.4. The number of nitrogens with one attached hydrogen (secondary N) is 1. The quantitative estimate of drug-likeness (QED) is 0.760. The minimum Gasteiger partial charge on any atom is -0.493 e. The first-order valence-corrected chi connectivity index (χ1v) is 12.4. The van der Waals surface area contributed by atoms with E-state index in [1.54, 1.807) is 7.11 Å². The fourth-order valence-electron chi connectivity index (χ4n) is 9.19. The molecule has 2 aliphatic heterocycles. The van der Waals surface area contributed by atoms with E-state index in [9.17, 15) is 0 Å². The summed E-state index contributed by atoms with van der Waals surface area (Å²) in [6, 6.07) is 5.13. The van der Waals surface area contributed by atoms with E-state index in [2.05, 4.69) is 29.4 Å². The number of benzene rings is 1. The van der Waals surface area contributed by atoms with Crippen molar-refractivity contribution in [3.05, 3.63) is 23.3 Å². The predicted molar refractivity (Wildman–Crippen MR) is 119 cm³/mol. The van der Waals surface area contributed by atoms with Crippen LogP contribution in [-0.2, 0) is 16.6 Å². The maximum Gasteiger partial charge on any atom is 0.165 e. The lowest BCUT2D eigenvalue weighted by molar-refractivity contribution is -0.276. The summed E-state index contributed by atoms with van der Waals surface area (Å²) >= 11 is 0. The van der Waals surface area contributed by atoms with Gasteiger partial charge in [-0.3, -0.25) is 4.90 Å². The normalized spacial score (nSPS) is 44.2. The van der Waals surface area contributed by atoms with Gasteiger partial charge in [0.1, 0.15) is 11.7 Å². The molecule has 1 saturated heterocycles. The average molecular weight is 425 g/mol. The van der Waals surface area contributed by atoms with Gasteiger partial charge in [0.2, 0.25) is 0 Å². The van der Waals surface area contributed by atoms with Crippen LogP contribution in [0.5, 0.6) is 11.5 Å². The predicted octanol–water partition coefficient (Wildman–Crippen LogP) is 3.14. The first kappa shape index (κ1) is 19.2.